The number of aliphatic carboxylic acids is 6. The van der Waals surface area contributed by atoms with Gasteiger partial charge in [0.05, 0.1) is 35.8 Å². The van der Waals surface area contributed by atoms with Crippen LogP contribution in [0.2, 0.25) is 0 Å². The van der Waals surface area contributed by atoms with E-state index in [9.17, 15) is 59.4 Å². The van der Waals surface area contributed by atoms with Gasteiger partial charge in [0.25, 0.3) is 0 Å². The van der Waals surface area contributed by atoms with E-state index in [1.165, 1.54) is 0 Å². The van der Waals surface area contributed by atoms with Crippen molar-refractivity contribution in [3.63, 3.8) is 0 Å². The predicted octanol–water partition coefficient (Wildman–Crippen LogP) is -8.87. The summed E-state index contributed by atoms with van der Waals surface area (Å²) >= 11 is 0. The van der Waals surface area contributed by atoms with E-state index < -0.39 is 35.8 Å². The van der Waals surface area contributed by atoms with Crippen molar-refractivity contribution in [1.29, 1.82) is 0 Å². The van der Waals surface area contributed by atoms with Gasteiger partial charge in [0.2, 0.25) is 0 Å². The van der Waals surface area contributed by atoms with E-state index in [0.29, 0.717) is 36.5 Å². The zero-order chi connectivity index (χ0) is 19.7. The molecule has 0 atom stereocenters. The molecule has 12 nitrogen and oxygen atoms in total. The molecule has 0 aliphatic carbocycles. The van der Waals surface area contributed by atoms with Gasteiger partial charge in [0, 0.05) is 0 Å². The van der Waals surface area contributed by atoms with Crippen molar-refractivity contribution in [3.8, 4) is 0 Å². The van der Waals surface area contributed by atoms with Crippen LogP contribution < -0.4 is 30.6 Å². The van der Waals surface area contributed by atoms with E-state index in [0.717, 1.165) is 0 Å². The molecule has 0 bridgehead atoms. The van der Waals surface area contributed by atoms with E-state index in [1.54, 1.807) is 0 Å². The third-order valence-corrected chi connectivity index (χ3v) is 1.07. The fraction of sp³-hybridized carbons (Fsp3) is 0. The second-order valence-electron chi connectivity index (χ2n) is 2.91. The summed E-state index contributed by atoms with van der Waals surface area (Å²) in [6, 6.07) is 0. The van der Waals surface area contributed by atoms with E-state index in [1.807, 2.05) is 0 Å². The second kappa shape index (κ2) is 23.8. The van der Waals surface area contributed by atoms with E-state index in [2.05, 4.69) is 0 Å². The molecule has 0 amide bonds. The minimum Gasteiger partial charge on any atom is -0.545 e. The van der Waals surface area contributed by atoms with Crippen LogP contribution in [-0.2, 0) is 28.8 Å². The molecule has 0 aromatic carbocycles. The smallest absolute Gasteiger partial charge is 0.545 e. The van der Waals surface area contributed by atoms with Gasteiger partial charge >= 0.3 is 83.5 Å². The maximum absolute atomic E-state index is 9.41. The molecule has 0 unspecified atom stereocenters. The summed E-state index contributed by atoms with van der Waals surface area (Å²) in [5.41, 5.74) is 0. The number of hydrogen-bond acceptors (Lipinski definition) is 12. The number of carbonyl (C=O) groups is 6. The van der Waals surface area contributed by atoms with Crippen molar-refractivity contribution in [3.05, 3.63) is 36.5 Å². The number of carboxylic acid groups (broad SMARTS) is 6. The van der Waals surface area contributed by atoms with Crippen molar-refractivity contribution < 1.29 is 143 Å². The predicted molar refractivity (Wildman–Crippen MR) is 57.5 cm³/mol. The van der Waals surface area contributed by atoms with Gasteiger partial charge in [-0.05, 0) is 36.5 Å². The number of carboxylic acids is 6. The first kappa shape index (κ1) is 35.8. The minimum absolute atomic E-state index is 0. The summed E-state index contributed by atoms with van der Waals surface area (Å²) in [4.78, 5) is 56.5. The monoisotopic (exact) mass is 622 g/mol. The van der Waals surface area contributed by atoms with Crippen LogP contribution in [0, 0.1) is 83.5 Å². The Morgan fingerprint density at radius 1 is 0.346 bits per heavy atom. The topological polar surface area (TPSA) is 241 Å². The first-order chi connectivity index (χ1) is 10.9. The van der Waals surface area contributed by atoms with Crippen molar-refractivity contribution in [2.24, 2.45) is 0 Å². The molecule has 0 heterocycles. The standard InChI is InChI=1S/3C4H4O4.2Ce/c3*5-3(6)1-2-4(7)8;;/h3*1-2H,(H,5,6)(H,7,8);;/q;;;2*+3/p-6/b2-1+;2*2-1-;;. The molecule has 0 spiro atoms. The van der Waals surface area contributed by atoms with Crippen LogP contribution in [0.4, 0.5) is 0 Å². The van der Waals surface area contributed by atoms with Gasteiger partial charge in [0.15, 0.2) is 0 Å². The molecule has 26 heavy (non-hydrogen) atoms. The average molecular weight is 622 g/mol. The van der Waals surface area contributed by atoms with Gasteiger partial charge in [-0.1, -0.05) is 0 Å². The first-order valence-electron chi connectivity index (χ1n) is 5.18. The fourth-order valence-electron chi connectivity index (χ4n) is 0.408. The molecule has 0 aromatic heterocycles. The van der Waals surface area contributed by atoms with Crippen molar-refractivity contribution in [1.82, 2.24) is 0 Å². The van der Waals surface area contributed by atoms with Crippen LogP contribution in [-0.4, -0.2) is 35.8 Å². The second-order valence-corrected chi connectivity index (χ2v) is 2.91. The van der Waals surface area contributed by atoms with Crippen molar-refractivity contribution >= 4 is 35.8 Å². The summed E-state index contributed by atoms with van der Waals surface area (Å²) in [6.07, 6.45) is 2.31. The van der Waals surface area contributed by atoms with E-state index in [-0.39, 0.29) is 83.5 Å². The Labute approximate surface area is 212 Å². The summed E-state index contributed by atoms with van der Waals surface area (Å²) in [5, 5.41) is 56.5. The SMILES string of the molecule is O=C([O-])/C=C/C(=O)[O-].O=C([O-])/C=C\C(=O)[O-].O=C([O-])/C=C\C(=O)[O-].[Ce+3].[Ce+3]. The fourth-order valence-corrected chi connectivity index (χ4v) is 0.408. The third-order valence-electron chi connectivity index (χ3n) is 1.07. The molecule has 0 rings (SSSR count). The van der Waals surface area contributed by atoms with Crippen LogP contribution in [0.25, 0.3) is 0 Å². The van der Waals surface area contributed by atoms with Gasteiger partial charge in [-0.3, -0.25) is 0 Å². The molecule has 14 heteroatoms. The first-order valence-corrected chi connectivity index (χ1v) is 5.18. The zero-order valence-electron chi connectivity index (χ0n) is 12.4. The Kier molecular flexibility index (Phi) is 32.8. The average Bonchev–Trinajstić information content (AvgIpc) is 2.42. The van der Waals surface area contributed by atoms with Crippen LogP contribution in [0.3, 0.4) is 0 Å². The Balaban J connectivity index is -0.0000000817. The molecule has 0 N–H and O–H groups in total. The molecule has 134 valence electrons. The minimum atomic E-state index is -1.55. The number of rotatable bonds is 6. The molecule has 2 radical (unpaired) electrons. The third kappa shape index (κ3) is 56.9. The van der Waals surface area contributed by atoms with E-state index in [4.69, 9.17) is 0 Å². The molecular weight excluding hydrogens is 616 g/mol. The molecule has 0 saturated heterocycles. The van der Waals surface area contributed by atoms with Gasteiger partial charge in [-0.25, -0.2) is 0 Å². The summed E-state index contributed by atoms with van der Waals surface area (Å²) in [7, 11) is 0. The van der Waals surface area contributed by atoms with Gasteiger partial charge in [-0.2, -0.15) is 0 Å². The van der Waals surface area contributed by atoms with Crippen LogP contribution in [0.15, 0.2) is 36.5 Å². The van der Waals surface area contributed by atoms with Gasteiger partial charge < -0.3 is 59.4 Å². The van der Waals surface area contributed by atoms with Crippen LogP contribution >= 0.6 is 0 Å². The molecular formula is C12H6Ce2O12. The van der Waals surface area contributed by atoms with Crippen molar-refractivity contribution in [2.75, 3.05) is 0 Å². The molecule has 0 saturated carbocycles. The maximum Gasteiger partial charge on any atom is 3.00 e. The zero-order valence-corrected chi connectivity index (χ0v) is 18.6. The Bertz CT molecular complexity index is 448. The summed E-state index contributed by atoms with van der Waals surface area (Å²) < 4.78 is 0. The Morgan fingerprint density at radius 2 is 0.423 bits per heavy atom. The summed E-state index contributed by atoms with van der Waals surface area (Å²) in [6.45, 7) is 0. The van der Waals surface area contributed by atoms with Crippen molar-refractivity contribution in [2.45, 2.75) is 0 Å². The summed E-state index contributed by atoms with van der Waals surface area (Å²) in [5.74, 6) is -9.28. The largest absolute Gasteiger partial charge is 3.00 e. The van der Waals surface area contributed by atoms with Crippen LogP contribution in [0.5, 0.6) is 0 Å². The molecule has 0 aliphatic heterocycles. The molecule has 0 aliphatic rings. The van der Waals surface area contributed by atoms with Gasteiger partial charge in [-0.15, -0.1) is 0 Å². The van der Waals surface area contributed by atoms with Gasteiger partial charge in [0.1, 0.15) is 0 Å². The normalized spacial score (nSPS) is 8.77. The number of carbonyl (C=O) groups excluding carboxylic acids is 6. The number of hydrogen-bond donors (Lipinski definition) is 0. The Morgan fingerprint density at radius 3 is 0.462 bits per heavy atom. The van der Waals surface area contributed by atoms with Crippen LogP contribution in [0.1, 0.15) is 0 Å². The molecule has 0 fully saturated rings. The maximum atomic E-state index is 9.41. The quantitative estimate of drug-likeness (QED) is 0.251. The van der Waals surface area contributed by atoms with E-state index >= 15 is 0 Å². The Hall–Kier alpha value is -1.21. The molecule has 0 aromatic rings.